The van der Waals surface area contributed by atoms with Crippen LogP contribution in [0.2, 0.25) is 0 Å². The third-order valence-corrected chi connectivity index (χ3v) is 5.78. The lowest BCUT2D eigenvalue weighted by molar-refractivity contribution is -0.122. The summed E-state index contributed by atoms with van der Waals surface area (Å²) in [5.74, 6) is 0.113. The third kappa shape index (κ3) is 6.69. The van der Waals surface area contributed by atoms with Gasteiger partial charge in [-0.2, -0.15) is 0 Å². The van der Waals surface area contributed by atoms with Gasteiger partial charge in [0.1, 0.15) is 0 Å². The molecule has 2 aromatic rings. The highest BCUT2D eigenvalue weighted by Gasteiger charge is 2.29. The van der Waals surface area contributed by atoms with Crippen LogP contribution in [0.1, 0.15) is 43.4 Å². The number of hydrogen-bond acceptors (Lipinski definition) is 3. The molecule has 0 unspecified atom stereocenters. The molecule has 0 bridgehead atoms. The summed E-state index contributed by atoms with van der Waals surface area (Å²) in [4.78, 5) is 14.7. The van der Waals surface area contributed by atoms with Crippen molar-refractivity contribution in [3.63, 3.8) is 0 Å². The molecule has 0 spiro atoms. The largest absolute Gasteiger partial charge is 0.381 e. The van der Waals surface area contributed by atoms with Gasteiger partial charge in [-0.1, -0.05) is 54.6 Å². The average molecular weight is 395 g/mol. The lowest BCUT2D eigenvalue weighted by atomic mass is 9.94. The maximum Gasteiger partial charge on any atom is 0.220 e. The molecule has 0 fully saturated rings. The minimum Gasteiger partial charge on any atom is -0.381 e. The normalized spacial score (nSPS) is 14.4. The van der Waals surface area contributed by atoms with Crippen LogP contribution in [0.25, 0.3) is 0 Å². The molecule has 0 radical (unpaired) electrons. The zero-order chi connectivity index (χ0) is 20.5. The Morgan fingerprint density at radius 1 is 1.03 bits per heavy atom. The fraction of sp³-hybridized carbons (Fsp3) is 0.480. The molecule has 1 N–H and O–H groups in total. The summed E-state index contributed by atoms with van der Waals surface area (Å²) in [6, 6.07) is 19.0. The summed E-state index contributed by atoms with van der Waals surface area (Å²) < 4.78 is 5.67. The lowest BCUT2D eigenvalue weighted by Crippen LogP contribution is -2.53. The van der Waals surface area contributed by atoms with Crippen LogP contribution < -0.4 is 5.32 Å². The van der Waals surface area contributed by atoms with E-state index in [2.05, 4.69) is 60.5 Å². The molecule has 4 nitrogen and oxygen atoms in total. The second-order valence-corrected chi connectivity index (χ2v) is 8.48. The monoisotopic (exact) mass is 394 g/mol. The molecule has 0 saturated carbocycles. The molecular weight excluding hydrogens is 360 g/mol. The molecule has 1 aliphatic heterocycles. The van der Waals surface area contributed by atoms with Gasteiger partial charge in [-0.3, -0.25) is 9.69 Å². The van der Waals surface area contributed by atoms with Gasteiger partial charge >= 0.3 is 0 Å². The van der Waals surface area contributed by atoms with Gasteiger partial charge in [0.2, 0.25) is 5.91 Å². The number of nitrogens with zero attached hydrogens (tertiary/aromatic N) is 1. The van der Waals surface area contributed by atoms with Gasteiger partial charge in [0, 0.05) is 38.2 Å². The number of fused-ring (bicyclic) bond motifs is 1. The van der Waals surface area contributed by atoms with Crippen LogP contribution >= 0.6 is 0 Å². The number of rotatable bonds is 10. The molecule has 29 heavy (non-hydrogen) atoms. The van der Waals surface area contributed by atoms with Crippen molar-refractivity contribution >= 4 is 5.91 Å². The molecule has 4 heteroatoms. The van der Waals surface area contributed by atoms with Gasteiger partial charge < -0.3 is 10.1 Å². The Balaban J connectivity index is 1.30. The van der Waals surface area contributed by atoms with E-state index in [1.165, 1.54) is 16.7 Å². The van der Waals surface area contributed by atoms with Gasteiger partial charge in [-0.25, -0.2) is 0 Å². The van der Waals surface area contributed by atoms with E-state index in [0.717, 1.165) is 32.4 Å². The first kappa shape index (κ1) is 21.5. The van der Waals surface area contributed by atoms with Crippen molar-refractivity contribution in [3.8, 4) is 0 Å². The predicted octanol–water partition coefficient (Wildman–Crippen LogP) is 3.98. The van der Waals surface area contributed by atoms with Crippen LogP contribution in [-0.2, 0) is 28.9 Å². The number of amides is 1. The molecular formula is C25H34N2O2. The molecule has 1 heterocycles. The summed E-state index contributed by atoms with van der Waals surface area (Å²) in [6.45, 7) is 8.43. The van der Waals surface area contributed by atoms with Crippen molar-refractivity contribution < 1.29 is 9.53 Å². The van der Waals surface area contributed by atoms with E-state index in [9.17, 15) is 4.79 Å². The van der Waals surface area contributed by atoms with Crippen molar-refractivity contribution in [3.05, 3.63) is 71.3 Å². The van der Waals surface area contributed by atoms with Gasteiger partial charge in [-0.05, 0) is 49.8 Å². The van der Waals surface area contributed by atoms with E-state index in [1.54, 1.807) is 0 Å². The highest BCUT2D eigenvalue weighted by molar-refractivity contribution is 5.75. The zero-order valence-electron chi connectivity index (χ0n) is 17.8. The second-order valence-electron chi connectivity index (χ2n) is 8.48. The summed E-state index contributed by atoms with van der Waals surface area (Å²) in [5, 5.41) is 3.12. The first-order valence-electron chi connectivity index (χ1n) is 10.7. The van der Waals surface area contributed by atoms with Gasteiger partial charge in [-0.15, -0.1) is 0 Å². The topological polar surface area (TPSA) is 41.6 Å². The fourth-order valence-corrected chi connectivity index (χ4v) is 3.80. The molecule has 0 atom stereocenters. The fourth-order valence-electron chi connectivity index (χ4n) is 3.80. The molecule has 1 aliphatic rings. The smallest absolute Gasteiger partial charge is 0.220 e. The Morgan fingerprint density at radius 3 is 2.55 bits per heavy atom. The maximum absolute atomic E-state index is 12.2. The summed E-state index contributed by atoms with van der Waals surface area (Å²) in [6.07, 6.45) is 3.27. The summed E-state index contributed by atoms with van der Waals surface area (Å²) in [7, 11) is 0. The Kier molecular flexibility index (Phi) is 7.84. The molecule has 0 saturated heterocycles. The maximum atomic E-state index is 12.2. The lowest BCUT2D eigenvalue weighted by Gasteiger charge is -2.41. The molecule has 3 rings (SSSR count). The van der Waals surface area contributed by atoms with Crippen LogP contribution in [0.4, 0.5) is 0 Å². The minimum atomic E-state index is -0.0601. The van der Waals surface area contributed by atoms with Crippen molar-refractivity contribution in [2.45, 2.75) is 51.6 Å². The number of carbonyl (C=O) groups is 1. The molecule has 0 aromatic heterocycles. The number of ether oxygens (including phenoxy) is 1. The number of nitrogens with one attached hydrogen (secondary N) is 1. The predicted molar refractivity (Wildman–Crippen MR) is 118 cm³/mol. The number of carbonyl (C=O) groups excluding carboxylic acids is 1. The van der Waals surface area contributed by atoms with Crippen LogP contribution in [0.3, 0.4) is 0 Å². The van der Waals surface area contributed by atoms with Crippen LogP contribution in [0.5, 0.6) is 0 Å². The minimum absolute atomic E-state index is 0.0601. The Morgan fingerprint density at radius 2 is 1.76 bits per heavy atom. The Hall–Kier alpha value is -2.17. The van der Waals surface area contributed by atoms with Gasteiger partial charge in [0.25, 0.3) is 0 Å². The highest BCUT2D eigenvalue weighted by atomic mass is 16.5. The van der Waals surface area contributed by atoms with E-state index >= 15 is 0 Å². The van der Waals surface area contributed by atoms with Crippen molar-refractivity contribution in [1.29, 1.82) is 0 Å². The second kappa shape index (κ2) is 10.6. The highest BCUT2D eigenvalue weighted by Crippen LogP contribution is 2.24. The molecule has 156 valence electrons. The first-order valence-corrected chi connectivity index (χ1v) is 10.7. The Labute approximate surface area is 175 Å². The van der Waals surface area contributed by atoms with Crippen LogP contribution in [-0.4, -0.2) is 42.6 Å². The van der Waals surface area contributed by atoms with Crippen molar-refractivity contribution in [2.24, 2.45) is 0 Å². The quantitative estimate of drug-likeness (QED) is 0.620. The summed E-state index contributed by atoms with van der Waals surface area (Å²) >= 11 is 0. The standard InChI is InChI=1S/C25H34N2O2/c1-25(2,27-16-14-22-11-6-7-12-23(22)19-27)20-26-24(28)13-8-17-29-18-15-21-9-4-3-5-10-21/h3-7,9-12H,8,13-20H2,1-2H3,(H,26,28). The van der Waals surface area contributed by atoms with Crippen LogP contribution in [0.15, 0.2) is 54.6 Å². The SMILES string of the molecule is CC(C)(CNC(=O)CCCOCCc1ccccc1)N1CCc2ccccc2C1. The molecule has 2 aromatic carbocycles. The molecule has 0 aliphatic carbocycles. The van der Waals surface area contributed by atoms with E-state index in [-0.39, 0.29) is 11.4 Å². The van der Waals surface area contributed by atoms with E-state index in [1.807, 2.05) is 18.2 Å². The van der Waals surface area contributed by atoms with Gasteiger partial charge in [0.15, 0.2) is 0 Å². The van der Waals surface area contributed by atoms with E-state index in [4.69, 9.17) is 4.74 Å². The van der Waals surface area contributed by atoms with Gasteiger partial charge in [0.05, 0.1) is 6.61 Å². The average Bonchev–Trinajstić information content (AvgIpc) is 2.75. The third-order valence-electron chi connectivity index (χ3n) is 5.78. The Bertz CT molecular complexity index is 773. The van der Waals surface area contributed by atoms with E-state index in [0.29, 0.717) is 26.2 Å². The van der Waals surface area contributed by atoms with Crippen LogP contribution in [0, 0.1) is 0 Å². The zero-order valence-corrected chi connectivity index (χ0v) is 17.8. The molecule has 1 amide bonds. The first-order chi connectivity index (χ1) is 14.0. The van der Waals surface area contributed by atoms with Crippen molar-refractivity contribution in [2.75, 3.05) is 26.3 Å². The summed E-state index contributed by atoms with van der Waals surface area (Å²) in [5.41, 5.74) is 4.09. The van der Waals surface area contributed by atoms with Crippen molar-refractivity contribution in [1.82, 2.24) is 10.2 Å². The number of benzene rings is 2. The number of hydrogen-bond donors (Lipinski definition) is 1. The van der Waals surface area contributed by atoms with E-state index < -0.39 is 0 Å².